The summed E-state index contributed by atoms with van der Waals surface area (Å²) in [6.07, 6.45) is 1.48. The number of aliphatic hydroxyl groups is 1. The Hall–Kier alpha value is -1.27. The standard InChI is InChI=1S/C11H16N2O/c1-9-11(7-5-4-6-8-14)10(2)13(3)12-9/h14H,4,6,8H2,1-3H3. The van der Waals surface area contributed by atoms with Crippen LogP contribution >= 0.6 is 0 Å². The molecule has 0 unspecified atom stereocenters. The first kappa shape index (κ1) is 10.8. The van der Waals surface area contributed by atoms with Gasteiger partial charge in [0.25, 0.3) is 0 Å². The first-order chi connectivity index (χ1) is 6.66. The maximum Gasteiger partial charge on any atom is 0.0752 e. The Morgan fingerprint density at radius 1 is 1.43 bits per heavy atom. The molecule has 0 radical (unpaired) electrons. The van der Waals surface area contributed by atoms with Gasteiger partial charge in [0, 0.05) is 20.1 Å². The highest BCUT2D eigenvalue weighted by Gasteiger charge is 2.05. The van der Waals surface area contributed by atoms with Crippen molar-refractivity contribution in [3.05, 3.63) is 17.0 Å². The summed E-state index contributed by atoms with van der Waals surface area (Å²) in [5, 5.41) is 12.9. The van der Waals surface area contributed by atoms with Crippen molar-refractivity contribution in [3.8, 4) is 11.8 Å². The number of rotatable bonds is 2. The quantitative estimate of drug-likeness (QED) is 0.564. The van der Waals surface area contributed by atoms with Crippen LogP contribution in [0.15, 0.2) is 0 Å². The fourth-order valence-electron chi connectivity index (χ4n) is 1.27. The summed E-state index contributed by atoms with van der Waals surface area (Å²) in [4.78, 5) is 0. The van der Waals surface area contributed by atoms with Crippen molar-refractivity contribution in [2.24, 2.45) is 7.05 Å². The second-order valence-corrected chi connectivity index (χ2v) is 3.30. The van der Waals surface area contributed by atoms with Crippen molar-refractivity contribution in [1.82, 2.24) is 9.78 Å². The van der Waals surface area contributed by atoms with Gasteiger partial charge >= 0.3 is 0 Å². The molecule has 0 fully saturated rings. The molecule has 0 saturated heterocycles. The van der Waals surface area contributed by atoms with Gasteiger partial charge < -0.3 is 5.11 Å². The molecule has 1 N–H and O–H groups in total. The molecule has 1 heterocycles. The van der Waals surface area contributed by atoms with Crippen molar-refractivity contribution in [2.45, 2.75) is 26.7 Å². The summed E-state index contributed by atoms with van der Waals surface area (Å²) >= 11 is 0. The van der Waals surface area contributed by atoms with E-state index in [1.807, 2.05) is 25.6 Å². The lowest BCUT2D eigenvalue weighted by Crippen LogP contribution is -1.92. The molecule has 3 heteroatoms. The molecule has 14 heavy (non-hydrogen) atoms. The van der Waals surface area contributed by atoms with Crippen molar-refractivity contribution in [3.63, 3.8) is 0 Å². The highest BCUT2D eigenvalue weighted by atomic mass is 16.2. The van der Waals surface area contributed by atoms with Crippen LogP contribution in [0.5, 0.6) is 0 Å². The smallest absolute Gasteiger partial charge is 0.0752 e. The molecule has 1 aromatic heterocycles. The van der Waals surface area contributed by atoms with E-state index in [-0.39, 0.29) is 6.61 Å². The topological polar surface area (TPSA) is 38.0 Å². The fourth-order valence-corrected chi connectivity index (χ4v) is 1.27. The number of aliphatic hydroxyl groups excluding tert-OH is 1. The van der Waals surface area contributed by atoms with Gasteiger partial charge in [-0.05, 0) is 20.3 Å². The van der Waals surface area contributed by atoms with Crippen molar-refractivity contribution in [1.29, 1.82) is 0 Å². The van der Waals surface area contributed by atoms with Crippen molar-refractivity contribution >= 4 is 0 Å². The monoisotopic (exact) mass is 192 g/mol. The molecule has 1 aromatic rings. The van der Waals surface area contributed by atoms with Gasteiger partial charge in [-0.2, -0.15) is 5.10 Å². The Labute approximate surface area is 84.8 Å². The molecule has 3 nitrogen and oxygen atoms in total. The molecule has 0 aliphatic rings. The van der Waals surface area contributed by atoms with E-state index in [1.165, 1.54) is 0 Å². The number of hydrogen-bond acceptors (Lipinski definition) is 2. The van der Waals surface area contributed by atoms with Crippen LogP contribution in [0.4, 0.5) is 0 Å². The third-order valence-corrected chi connectivity index (χ3v) is 2.18. The van der Waals surface area contributed by atoms with E-state index >= 15 is 0 Å². The number of unbranched alkanes of at least 4 members (excludes halogenated alkanes) is 1. The van der Waals surface area contributed by atoms with E-state index in [2.05, 4.69) is 16.9 Å². The van der Waals surface area contributed by atoms with Crippen LogP contribution in [0.3, 0.4) is 0 Å². The first-order valence-electron chi connectivity index (χ1n) is 4.76. The Morgan fingerprint density at radius 3 is 2.64 bits per heavy atom. The molecule has 0 amide bonds. The number of nitrogens with zero attached hydrogens (tertiary/aromatic N) is 2. The van der Waals surface area contributed by atoms with Gasteiger partial charge in [0.15, 0.2) is 0 Å². The highest BCUT2D eigenvalue weighted by Crippen LogP contribution is 2.09. The Bertz CT molecular complexity index is 369. The van der Waals surface area contributed by atoms with Gasteiger partial charge in [-0.3, -0.25) is 4.68 Å². The van der Waals surface area contributed by atoms with Crippen molar-refractivity contribution in [2.75, 3.05) is 6.61 Å². The average Bonchev–Trinajstić information content (AvgIpc) is 2.38. The molecule has 0 aliphatic carbocycles. The maximum atomic E-state index is 8.59. The lowest BCUT2D eigenvalue weighted by atomic mass is 10.2. The van der Waals surface area contributed by atoms with Crippen LogP contribution in [0.25, 0.3) is 0 Å². The molecule has 0 aromatic carbocycles. The zero-order chi connectivity index (χ0) is 10.6. The maximum absolute atomic E-state index is 8.59. The van der Waals surface area contributed by atoms with Crippen LogP contribution < -0.4 is 0 Å². The van der Waals surface area contributed by atoms with Gasteiger partial charge in [0.1, 0.15) is 0 Å². The largest absolute Gasteiger partial charge is 0.396 e. The summed E-state index contributed by atoms with van der Waals surface area (Å²) in [6.45, 7) is 4.18. The minimum atomic E-state index is 0.208. The van der Waals surface area contributed by atoms with Crippen LogP contribution in [0.2, 0.25) is 0 Å². The molecular weight excluding hydrogens is 176 g/mol. The minimum Gasteiger partial charge on any atom is -0.396 e. The first-order valence-corrected chi connectivity index (χ1v) is 4.76. The van der Waals surface area contributed by atoms with Crippen LogP contribution in [0.1, 0.15) is 29.8 Å². The molecule has 0 bridgehead atoms. The summed E-state index contributed by atoms with van der Waals surface area (Å²) in [5.41, 5.74) is 3.09. The van der Waals surface area contributed by atoms with E-state index in [9.17, 15) is 0 Å². The predicted octanol–water partition coefficient (Wildman–Crippen LogP) is 1.16. The molecule has 0 atom stereocenters. The Morgan fingerprint density at radius 2 is 2.14 bits per heavy atom. The summed E-state index contributed by atoms with van der Waals surface area (Å²) in [7, 11) is 1.92. The number of aryl methyl sites for hydroxylation is 2. The molecule has 1 rings (SSSR count). The third-order valence-electron chi connectivity index (χ3n) is 2.18. The zero-order valence-corrected chi connectivity index (χ0v) is 8.96. The fraction of sp³-hybridized carbons (Fsp3) is 0.545. The lowest BCUT2D eigenvalue weighted by Gasteiger charge is -1.91. The Kier molecular flexibility index (Phi) is 3.73. The van der Waals surface area contributed by atoms with E-state index in [4.69, 9.17) is 5.11 Å². The molecule has 0 saturated carbocycles. The van der Waals surface area contributed by atoms with Gasteiger partial charge in [0.05, 0.1) is 17.0 Å². The van der Waals surface area contributed by atoms with Gasteiger partial charge in [-0.25, -0.2) is 0 Å². The van der Waals surface area contributed by atoms with Crippen LogP contribution in [-0.4, -0.2) is 21.5 Å². The second kappa shape index (κ2) is 4.83. The predicted molar refractivity (Wildman–Crippen MR) is 55.9 cm³/mol. The average molecular weight is 192 g/mol. The van der Waals surface area contributed by atoms with Crippen molar-refractivity contribution < 1.29 is 5.11 Å². The summed E-state index contributed by atoms with van der Waals surface area (Å²) in [6, 6.07) is 0. The van der Waals surface area contributed by atoms with Gasteiger partial charge in [-0.15, -0.1) is 0 Å². The molecule has 76 valence electrons. The molecule has 0 spiro atoms. The SMILES string of the molecule is Cc1nn(C)c(C)c1C#CCCCO. The van der Waals surface area contributed by atoms with Crippen LogP contribution in [0, 0.1) is 25.7 Å². The normalized spacial score (nSPS) is 9.71. The van der Waals surface area contributed by atoms with Crippen LogP contribution in [-0.2, 0) is 7.05 Å². The molecule has 0 aliphatic heterocycles. The van der Waals surface area contributed by atoms with Gasteiger partial charge in [0.2, 0.25) is 0 Å². The zero-order valence-electron chi connectivity index (χ0n) is 8.96. The lowest BCUT2D eigenvalue weighted by molar-refractivity contribution is 0.290. The van der Waals surface area contributed by atoms with E-state index < -0.39 is 0 Å². The highest BCUT2D eigenvalue weighted by molar-refractivity contribution is 5.41. The van der Waals surface area contributed by atoms with E-state index in [0.29, 0.717) is 0 Å². The summed E-state index contributed by atoms with van der Waals surface area (Å²) < 4.78 is 1.84. The number of hydrogen-bond donors (Lipinski definition) is 1. The summed E-state index contributed by atoms with van der Waals surface area (Å²) in [5.74, 6) is 6.13. The van der Waals surface area contributed by atoms with Gasteiger partial charge in [-0.1, -0.05) is 11.8 Å². The van der Waals surface area contributed by atoms with E-state index in [1.54, 1.807) is 0 Å². The Balaban J connectivity index is 2.78. The van der Waals surface area contributed by atoms with E-state index in [0.717, 1.165) is 29.8 Å². The molecular formula is C11H16N2O. The third kappa shape index (κ3) is 2.36. The second-order valence-electron chi connectivity index (χ2n) is 3.30. The number of aromatic nitrogens is 2. The minimum absolute atomic E-state index is 0.208.